The molecule has 21 heavy (non-hydrogen) atoms. The standard InChI is InChI=1S/C18H30N2O/c1-14-8-9-17(15(2)11-14)18(19-3)13-20(4)12-16-7-5-6-10-21-16/h8-9,11,16,18-19H,5-7,10,12-13H2,1-4H3. The Morgan fingerprint density at radius 2 is 2.14 bits per heavy atom. The highest BCUT2D eigenvalue weighted by molar-refractivity contribution is 5.33. The number of nitrogens with one attached hydrogen (secondary N) is 1. The van der Waals surface area contributed by atoms with Crippen molar-refractivity contribution in [1.29, 1.82) is 0 Å². The number of rotatable bonds is 6. The zero-order chi connectivity index (χ0) is 15.2. The maximum absolute atomic E-state index is 5.85. The van der Waals surface area contributed by atoms with Crippen molar-refractivity contribution in [3.63, 3.8) is 0 Å². The van der Waals surface area contributed by atoms with Crippen LogP contribution in [0.1, 0.15) is 42.0 Å². The van der Waals surface area contributed by atoms with E-state index in [0.29, 0.717) is 12.1 Å². The highest BCUT2D eigenvalue weighted by atomic mass is 16.5. The Kier molecular flexibility index (Phi) is 6.22. The van der Waals surface area contributed by atoms with Crippen LogP contribution in [0.2, 0.25) is 0 Å². The molecule has 2 rings (SSSR count). The van der Waals surface area contributed by atoms with Crippen molar-refractivity contribution in [2.75, 3.05) is 33.8 Å². The number of aryl methyl sites for hydroxylation is 2. The Hall–Kier alpha value is -0.900. The highest BCUT2D eigenvalue weighted by Gasteiger charge is 2.19. The lowest BCUT2D eigenvalue weighted by Crippen LogP contribution is -2.38. The van der Waals surface area contributed by atoms with E-state index in [1.165, 1.54) is 36.0 Å². The zero-order valence-corrected chi connectivity index (χ0v) is 14.0. The minimum atomic E-state index is 0.374. The normalized spacial score (nSPS) is 20.7. The summed E-state index contributed by atoms with van der Waals surface area (Å²) < 4.78 is 5.85. The van der Waals surface area contributed by atoms with Crippen LogP contribution in [0.15, 0.2) is 18.2 Å². The van der Waals surface area contributed by atoms with Crippen LogP contribution in [-0.2, 0) is 4.74 Å². The van der Waals surface area contributed by atoms with Crippen molar-refractivity contribution in [3.8, 4) is 0 Å². The van der Waals surface area contributed by atoms with Gasteiger partial charge in [0.15, 0.2) is 0 Å². The van der Waals surface area contributed by atoms with E-state index in [4.69, 9.17) is 4.74 Å². The molecule has 1 fully saturated rings. The fourth-order valence-electron chi connectivity index (χ4n) is 3.25. The van der Waals surface area contributed by atoms with Gasteiger partial charge in [-0.15, -0.1) is 0 Å². The lowest BCUT2D eigenvalue weighted by molar-refractivity contribution is -0.00254. The highest BCUT2D eigenvalue weighted by Crippen LogP contribution is 2.20. The largest absolute Gasteiger partial charge is 0.377 e. The van der Waals surface area contributed by atoms with Crippen LogP contribution in [0.4, 0.5) is 0 Å². The average Bonchev–Trinajstić information content (AvgIpc) is 2.46. The third-order valence-corrected chi connectivity index (χ3v) is 4.43. The van der Waals surface area contributed by atoms with Crippen molar-refractivity contribution < 1.29 is 4.74 Å². The minimum Gasteiger partial charge on any atom is -0.377 e. The Bertz CT molecular complexity index is 441. The van der Waals surface area contributed by atoms with Gasteiger partial charge in [0.25, 0.3) is 0 Å². The van der Waals surface area contributed by atoms with E-state index in [0.717, 1.165) is 19.7 Å². The van der Waals surface area contributed by atoms with Crippen LogP contribution < -0.4 is 5.32 Å². The summed E-state index contributed by atoms with van der Waals surface area (Å²) in [6.07, 6.45) is 4.16. The van der Waals surface area contributed by atoms with Crippen molar-refractivity contribution in [1.82, 2.24) is 10.2 Å². The van der Waals surface area contributed by atoms with Gasteiger partial charge < -0.3 is 15.0 Å². The molecule has 0 radical (unpaired) electrons. The van der Waals surface area contributed by atoms with Gasteiger partial charge in [-0.1, -0.05) is 23.8 Å². The molecule has 3 heteroatoms. The second-order valence-corrected chi connectivity index (χ2v) is 6.41. The second-order valence-electron chi connectivity index (χ2n) is 6.41. The first-order valence-electron chi connectivity index (χ1n) is 8.14. The van der Waals surface area contributed by atoms with Gasteiger partial charge in [0.2, 0.25) is 0 Å². The third-order valence-electron chi connectivity index (χ3n) is 4.43. The van der Waals surface area contributed by atoms with Crippen molar-refractivity contribution in [3.05, 3.63) is 34.9 Å². The Morgan fingerprint density at radius 1 is 1.33 bits per heavy atom. The molecule has 0 aliphatic carbocycles. The van der Waals surface area contributed by atoms with Crippen LogP contribution in [0.5, 0.6) is 0 Å². The second kappa shape index (κ2) is 7.92. The van der Waals surface area contributed by atoms with Gasteiger partial charge in [0, 0.05) is 25.7 Å². The molecule has 2 unspecified atom stereocenters. The van der Waals surface area contributed by atoms with E-state index in [1.807, 2.05) is 0 Å². The molecule has 0 amide bonds. The van der Waals surface area contributed by atoms with Gasteiger partial charge in [-0.05, 0) is 58.3 Å². The molecule has 1 aliphatic rings. The molecule has 0 spiro atoms. The molecule has 0 bridgehead atoms. The molecule has 0 aromatic heterocycles. The average molecular weight is 290 g/mol. The number of hydrogen-bond donors (Lipinski definition) is 1. The number of likely N-dealkylation sites (N-methyl/N-ethyl adjacent to an activating group) is 2. The molecule has 2 atom stereocenters. The molecular weight excluding hydrogens is 260 g/mol. The van der Waals surface area contributed by atoms with Crippen molar-refractivity contribution in [2.24, 2.45) is 0 Å². The minimum absolute atomic E-state index is 0.374. The van der Waals surface area contributed by atoms with E-state index in [2.05, 4.69) is 56.4 Å². The Morgan fingerprint density at radius 3 is 2.76 bits per heavy atom. The summed E-state index contributed by atoms with van der Waals surface area (Å²) in [5.74, 6) is 0. The summed E-state index contributed by atoms with van der Waals surface area (Å²) >= 11 is 0. The zero-order valence-electron chi connectivity index (χ0n) is 14.0. The quantitative estimate of drug-likeness (QED) is 0.871. The van der Waals surface area contributed by atoms with Crippen LogP contribution in [0.3, 0.4) is 0 Å². The molecule has 1 aliphatic heterocycles. The fraction of sp³-hybridized carbons (Fsp3) is 0.667. The first-order chi connectivity index (χ1) is 10.1. The molecule has 3 nitrogen and oxygen atoms in total. The molecule has 1 saturated heterocycles. The smallest absolute Gasteiger partial charge is 0.0701 e. The predicted molar refractivity (Wildman–Crippen MR) is 88.8 cm³/mol. The topological polar surface area (TPSA) is 24.5 Å². The summed E-state index contributed by atoms with van der Waals surface area (Å²) in [6, 6.07) is 7.11. The summed E-state index contributed by atoms with van der Waals surface area (Å²) in [7, 11) is 4.25. The van der Waals surface area contributed by atoms with E-state index in [1.54, 1.807) is 0 Å². The van der Waals surface area contributed by atoms with Gasteiger partial charge in [-0.3, -0.25) is 0 Å². The summed E-state index contributed by atoms with van der Waals surface area (Å²) in [6.45, 7) is 7.34. The van der Waals surface area contributed by atoms with Crippen LogP contribution >= 0.6 is 0 Å². The lowest BCUT2D eigenvalue weighted by Gasteiger charge is -2.30. The molecule has 1 aromatic rings. The fourth-order valence-corrected chi connectivity index (χ4v) is 3.25. The first-order valence-corrected chi connectivity index (χ1v) is 8.14. The third kappa shape index (κ3) is 4.80. The SMILES string of the molecule is CNC(CN(C)CC1CCCCO1)c1ccc(C)cc1C. The first kappa shape index (κ1) is 16.5. The number of benzene rings is 1. The van der Waals surface area contributed by atoms with E-state index >= 15 is 0 Å². The molecule has 118 valence electrons. The summed E-state index contributed by atoms with van der Waals surface area (Å²) in [5.41, 5.74) is 4.10. The number of hydrogen-bond acceptors (Lipinski definition) is 3. The molecule has 1 aromatic carbocycles. The van der Waals surface area contributed by atoms with E-state index < -0.39 is 0 Å². The summed E-state index contributed by atoms with van der Waals surface area (Å²) in [5, 5.41) is 3.46. The molecule has 1 N–H and O–H groups in total. The maximum atomic E-state index is 5.85. The van der Waals surface area contributed by atoms with E-state index in [9.17, 15) is 0 Å². The lowest BCUT2D eigenvalue weighted by atomic mass is 9.98. The van der Waals surface area contributed by atoms with Gasteiger partial charge in [-0.2, -0.15) is 0 Å². The van der Waals surface area contributed by atoms with Gasteiger partial charge in [-0.25, -0.2) is 0 Å². The molecule has 1 heterocycles. The van der Waals surface area contributed by atoms with E-state index in [-0.39, 0.29) is 0 Å². The van der Waals surface area contributed by atoms with Crippen LogP contribution in [0.25, 0.3) is 0 Å². The monoisotopic (exact) mass is 290 g/mol. The Balaban J connectivity index is 1.94. The van der Waals surface area contributed by atoms with Crippen LogP contribution in [-0.4, -0.2) is 44.8 Å². The predicted octanol–water partition coefficient (Wildman–Crippen LogP) is 3.06. The summed E-state index contributed by atoms with van der Waals surface area (Å²) in [4.78, 5) is 2.40. The molecule has 0 saturated carbocycles. The number of ether oxygens (including phenoxy) is 1. The van der Waals surface area contributed by atoms with Crippen molar-refractivity contribution >= 4 is 0 Å². The van der Waals surface area contributed by atoms with Gasteiger partial charge in [0.05, 0.1) is 6.10 Å². The van der Waals surface area contributed by atoms with Crippen molar-refractivity contribution in [2.45, 2.75) is 45.3 Å². The maximum Gasteiger partial charge on any atom is 0.0701 e. The van der Waals surface area contributed by atoms with Gasteiger partial charge in [0.1, 0.15) is 0 Å². The van der Waals surface area contributed by atoms with Gasteiger partial charge >= 0.3 is 0 Å². The Labute approximate surface area is 129 Å². The molecular formula is C18H30N2O. The van der Waals surface area contributed by atoms with Crippen LogP contribution in [0, 0.1) is 13.8 Å². The number of nitrogens with zero attached hydrogens (tertiary/aromatic N) is 1.